The third kappa shape index (κ3) is 5.06. The molecule has 0 unspecified atom stereocenters. The maximum atomic E-state index is 2.48. The van der Waals surface area contributed by atoms with E-state index in [1.165, 1.54) is 23.3 Å². The van der Waals surface area contributed by atoms with Gasteiger partial charge in [-0.25, -0.2) is 0 Å². The van der Waals surface area contributed by atoms with E-state index in [0.29, 0.717) is 0 Å². The minimum Gasteiger partial charge on any atom is -0.152 e. The Kier molecular flexibility index (Phi) is 7.57. The largest absolute Gasteiger partial charge is 0.152 e. The Morgan fingerprint density at radius 1 is 1.17 bits per heavy atom. The van der Waals surface area contributed by atoms with Gasteiger partial charge < -0.3 is 0 Å². The smallest absolute Gasteiger partial charge is 0.00614 e. The molecule has 0 spiro atoms. The molecule has 100 valence electrons. The Labute approximate surface area is 127 Å². The van der Waals surface area contributed by atoms with Crippen molar-refractivity contribution >= 4 is 45.3 Å². The SMILES string of the molecule is CCc1cc(C)s[c]1[SnH]([CH3])[CH3].CCc1ccsc1. The van der Waals surface area contributed by atoms with Crippen LogP contribution < -0.4 is 2.89 Å². The molecular formula is C15H24S2Sn. The summed E-state index contributed by atoms with van der Waals surface area (Å²) < 4.78 is 1.78. The van der Waals surface area contributed by atoms with Gasteiger partial charge in [0.15, 0.2) is 0 Å². The van der Waals surface area contributed by atoms with E-state index in [1.807, 2.05) is 11.3 Å². The standard InChI is InChI=1S/C7H9S.C6H8S.2CH3.Sn.H/c1-3-7-4-6(2)8-5-7;1-2-6-3-4-7-5-6;;;;/h4H,3H2,1-2H3;3-5H,2H2,1H3;2*1H3;;. The van der Waals surface area contributed by atoms with Gasteiger partial charge in [0.25, 0.3) is 0 Å². The van der Waals surface area contributed by atoms with Gasteiger partial charge in [-0.3, -0.25) is 0 Å². The molecule has 0 N–H and O–H groups in total. The predicted octanol–water partition coefficient (Wildman–Crippen LogP) is 4.62. The van der Waals surface area contributed by atoms with E-state index >= 15 is 0 Å². The molecule has 0 aliphatic rings. The molecule has 0 atom stereocenters. The summed E-state index contributed by atoms with van der Waals surface area (Å²) in [5.41, 5.74) is 3.09. The van der Waals surface area contributed by atoms with Crippen molar-refractivity contribution in [2.24, 2.45) is 0 Å². The molecule has 0 saturated heterocycles. The molecule has 0 aliphatic carbocycles. The van der Waals surface area contributed by atoms with Crippen LogP contribution in [-0.2, 0) is 12.8 Å². The van der Waals surface area contributed by atoms with Crippen molar-refractivity contribution in [1.82, 2.24) is 0 Å². The van der Waals surface area contributed by atoms with E-state index in [2.05, 4.69) is 53.5 Å². The van der Waals surface area contributed by atoms with Crippen molar-refractivity contribution in [3.63, 3.8) is 0 Å². The fraction of sp³-hybridized carbons (Fsp3) is 0.467. The molecule has 3 heteroatoms. The molecule has 2 rings (SSSR count). The van der Waals surface area contributed by atoms with Gasteiger partial charge in [-0.05, 0) is 28.8 Å². The summed E-state index contributed by atoms with van der Waals surface area (Å²) in [7, 11) is 0. The summed E-state index contributed by atoms with van der Waals surface area (Å²) in [6.07, 6.45) is 2.40. The predicted molar refractivity (Wildman–Crippen MR) is 90.6 cm³/mol. The van der Waals surface area contributed by atoms with E-state index < -0.39 is 19.8 Å². The molecule has 0 aliphatic heterocycles. The molecular weight excluding hydrogens is 363 g/mol. The first-order valence-corrected chi connectivity index (χ1v) is 16.7. The van der Waals surface area contributed by atoms with Crippen LogP contribution in [0.3, 0.4) is 0 Å². The minimum atomic E-state index is -1.18. The van der Waals surface area contributed by atoms with Gasteiger partial charge in [-0.2, -0.15) is 11.3 Å². The fourth-order valence-electron chi connectivity index (χ4n) is 1.84. The van der Waals surface area contributed by atoms with Crippen LogP contribution in [0.4, 0.5) is 0 Å². The number of hydrogen-bond donors (Lipinski definition) is 0. The normalized spacial score (nSPS) is 10.3. The van der Waals surface area contributed by atoms with Crippen molar-refractivity contribution in [3.05, 3.63) is 38.9 Å². The summed E-state index contributed by atoms with van der Waals surface area (Å²) >= 11 is 2.62. The van der Waals surface area contributed by atoms with Crippen LogP contribution in [0.2, 0.25) is 9.88 Å². The summed E-state index contributed by atoms with van der Waals surface area (Å²) in [5.74, 6) is 0. The van der Waals surface area contributed by atoms with Gasteiger partial charge in [-0.15, -0.1) is 0 Å². The maximum Gasteiger partial charge on any atom is -0.00614 e. The second-order valence-corrected chi connectivity index (χ2v) is 16.2. The van der Waals surface area contributed by atoms with E-state index in [1.54, 1.807) is 19.8 Å². The first-order valence-electron chi connectivity index (χ1n) is 6.68. The first kappa shape index (κ1) is 16.3. The van der Waals surface area contributed by atoms with Crippen LogP contribution in [0.15, 0.2) is 22.9 Å². The van der Waals surface area contributed by atoms with Gasteiger partial charge in [-0.1, -0.05) is 6.92 Å². The average molecular weight is 387 g/mol. The molecule has 2 heterocycles. The Hall–Kier alpha value is 0.199. The van der Waals surface area contributed by atoms with Crippen molar-refractivity contribution in [3.8, 4) is 0 Å². The number of aryl methyl sites for hydroxylation is 3. The molecule has 0 radical (unpaired) electrons. The van der Waals surface area contributed by atoms with E-state index in [9.17, 15) is 0 Å². The van der Waals surface area contributed by atoms with Gasteiger partial charge in [0.2, 0.25) is 0 Å². The minimum absolute atomic E-state index is 1.17. The molecule has 0 saturated carbocycles. The van der Waals surface area contributed by atoms with Gasteiger partial charge in [0.1, 0.15) is 0 Å². The van der Waals surface area contributed by atoms with E-state index in [0.717, 1.165) is 0 Å². The number of thiophene rings is 2. The zero-order valence-corrected chi connectivity index (χ0v) is 17.0. The zero-order chi connectivity index (χ0) is 13.5. The van der Waals surface area contributed by atoms with Crippen LogP contribution in [0.1, 0.15) is 29.9 Å². The van der Waals surface area contributed by atoms with Gasteiger partial charge in [0.05, 0.1) is 0 Å². The monoisotopic (exact) mass is 388 g/mol. The van der Waals surface area contributed by atoms with Crippen molar-refractivity contribution in [1.29, 1.82) is 0 Å². The number of rotatable bonds is 3. The number of hydrogen-bond acceptors (Lipinski definition) is 2. The van der Waals surface area contributed by atoms with E-state index in [4.69, 9.17) is 0 Å². The van der Waals surface area contributed by atoms with Crippen molar-refractivity contribution in [2.75, 3.05) is 0 Å². The van der Waals surface area contributed by atoms with Crippen LogP contribution in [0, 0.1) is 6.92 Å². The van der Waals surface area contributed by atoms with Crippen molar-refractivity contribution < 1.29 is 0 Å². The third-order valence-electron chi connectivity index (χ3n) is 2.86. The summed E-state index contributed by atoms with van der Waals surface area (Å²) in [5, 5.41) is 4.29. The van der Waals surface area contributed by atoms with Crippen LogP contribution >= 0.6 is 22.7 Å². The van der Waals surface area contributed by atoms with Gasteiger partial charge >= 0.3 is 80.6 Å². The summed E-state index contributed by atoms with van der Waals surface area (Å²) in [4.78, 5) is 6.46. The summed E-state index contributed by atoms with van der Waals surface area (Å²) in [6, 6.07) is 4.53. The average Bonchev–Trinajstić information content (AvgIpc) is 2.97. The van der Waals surface area contributed by atoms with Crippen LogP contribution in [0.5, 0.6) is 0 Å². The Balaban J connectivity index is 0.000000199. The third-order valence-corrected chi connectivity index (χ3v) is 12.7. The second-order valence-electron chi connectivity index (χ2n) is 4.74. The maximum absolute atomic E-state index is 2.48. The topological polar surface area (TPSA) is 0 Å². The molecule has 0 aromatic carbocycles. The Morgan fingerprint density at radius 3 is 2.22 bits per heavy atom. The first-order chi connectivity index (χ1) is 8.58. The fourth-order valence-corrected chi connectivity index (χ4v) is 10.3. The zero-order valence-electron chi connectivity index (χ0n) is 12.1. The van der Waals surface area contributed by atoms with E-state index in [-0.39, 0.29) is 0 Å². The summed E-state index contributed by atoms with van der Waals surface area (Å²) in [6.45, 7) is 6.66. The molecule has 2 aromatic rings. The molecule has 0 nitrogen and oxygen atoms in total. The molecule has 2 aromatic heterocycles. The molecule has 18 heavy (non-hydrogen) atoms. The van der Waals surface area contributed by atoms with Gasteiger partial charge in [0, 0.05) is 0 Å². The molecule has 0 bridgehead atoms. The Bertz CT molecular complexity index is 441. The molecule has 0 amide bonds. The van der Waals surface area contributed by atoms with Crippen LogP contribution in [-0.4, -0.2) is 19.8 Å². The quantitative estimate of drug-likeness (QED) is 0.675. The molecule has 0 fully saturated rings. The Morgan fingerprint density at radius 2 is 1.89 bits per heavy atom. The van der Waals surface area contributed by atoms with Crippen molar-refractivity contribution in [2.45, 2.75) is 43.5 Å². The van der Waals surface area contributed by atoms with Crippen LogP contribution in [0.25, 0.3) is 0 Å². The second kappa shape index (κ2) is 8.39.